The topological polar surface area (TPSA) is 30.9 Å². The molecule has 0 spiro atoms. The van der Waals surface area contributed by atoms with E-state index in [1.807, 2.05) is 26.0 Å². The number of para-hydroxylation sites is 1. The first-order valence-electron chi connectivity index (χ1n) is 7.26. The summed E-state index contributed by atoms with van der Waals surface area (Å²) < 4.78 is 16.9. The first-order chi connectivity index (χ1) is 9.61. The van der Waals surface area contributed by atoms with Gasteiger partial charge in [-0.05, 0) is 26.8 Å². The summed E-state index contributed by atoms with van der Waals surface area (Å²) in [6.07, 6.45) is 0.132. The Bertz CT molecular complexity index is 434. The van der Waals surface area contributed by atoms with Gasteiger partial charge in [-0.15, -0.1) is 0 Å². The smallest absolute Gasteiger partial charge is 0.166 e. The molecule has 0 N–H and O–H groups in total. The fraction of sp³-hybridized carbons (Fsp3) is 0.625. The molecule has 0 saturated carbocycles. The molecule has 1 fully saturated rings. The second-order valence-electron chi connectivity index (χ2n) is 5.51. The number of hydrogen-bond donors (Lipinski definition) is 0. The lowest BCUT2D eigenvalue weighted by molar-refractivity contribution is -0.00484. The minimum Gasteiger partial charge on any atom is -0.493 e. The second-order valence-corrected chi connectivity index (χ2v) is 5.51. The van der Waals surface area contributed by atoms with Gasteiger partial charge in [0.15, 0.2) is 11.5 Å². The minimum atomic E-state index is 0.132. The lowest BCUT2D eigenvalue weighted by atomic mass is 10.1. The van der Waals surface area contributed by atoms with Crippen LogP contribution < -0.4 is 9.47 Å². The van der Waals surface area contributed by atoms with E-state index in [1.54, 1.807) is 7.11 Å². The van der Waals surface area contributed by atoms with E-state index in [1.165, 1.54) is 5.56 Å². The quantitative estimate of drug-likeness (QED) is 0.829. The molecule has 0 aliphatic carbocycles. The highest BCUT2D eigenvalue weighted by atomic mass is 16.5. The van der Waals surface area contributed by atoms with Crippen molar-refractivity contribution in [3.63, 3.8) is 0 Å². The summed E-state index contributed by atoms with van der Waals surface area (Å²) in [5, 5.41) is 0. The Hall–Kier alpha value is -1.26. The van der Waals surface area contributed by atoms with Crippen molar-refractivity contribution in [2.24, 2.45) is 0 Å². The first-order valence-corrected chi connectivity index (χ1v) is 7.26. The van der Waals surface area contributed by atoms with Crippen LogP contribution >= 0.6 is 0 Å². The molecule has 0 aromatic heterocycles. The monoisotopic (exact) mass is 279 g/mol. The van der Waals surface area contributed by atoms with Crippen LogP contribution in [-0.4, -0.2) is 43.9 Å². The number of nitrogens with zero attached hydrogens (tertiary/aromatic N) is 1. The van der Waals surface area contributed by atoms with E-state index < -0.39 is 0 Å². The van der Waals surface area contributed by atoms with Crippen LogP contribution in [0.3, 0.4) is 0 Å². The third-order valence-corrected chi connectivity index (χ3v) is 3.51. The molecule has 1 aliphatic heterocycles. The Labute approximate surface area is 121 Å². The summed E-state index contributed by atoms with van der Waals surface area (Å²) >= 11 is 0. The molecule has 112 valence electrons. The van der Waals surface area contributed by atoms with Crippen LogP contribution in [0, 0.1) is 0 Å². The van der Waals surface area contributed by atoms with E-state index in [9.17, 15) is 0 Å². The maximum absolute atomic E-state index is 5.96. The number of morpholine rings is 1. The van der Waals surface area contributed by atoms with Crippen LogP contribution in [-0.2, 0) is 11.3 Å². The van der Waals surface area contributed by atoms with Gasteiger partial charge in [-0.3, -0.25) is 4.90 Å². The van der Waals surface area contributed by atoms with Crippen molar-refractivity contribution in [3.05, 3.63) is 23.8 Å². The third kappa shape index (κ3) is 3.64. The molecule has 1 heterocycles. The number of benzene rings is 1. The second kappa shape index (κ2) is 6.95. The average Bonchev–Trinajstić information content (AvgIpc) is 2.42. The van der Waals surface area contributed by atoms with Crippen molar-refractivity contribution in [2.75, 3.05) is 26.9 Å². The van der Waals surface area contributed by atoms with Crippen molar-refractivity contribution >= 4 is 0 Å². The Kier molecular flexibility index (Phi) is 5.26. The highest BCUT2D eigenvalue weighted by Gasteiger charge is 2.21. The molecule has 4 heteroatoms. The molecular weight excluding hydrogens is 254 g/mol. The lowest BCUT2D eigenvalue weighted by Gasteiger charge is -2.33. The molecule has 1 atom stereocenters. The Morgan fingerprint density at radius 1 is 1.40 bits per heavy atom. The van der Waals surface area contributed by atoms with E-state index >= 15 is 0 Å². The summed E-state index contributed by atoms with van der Waals surface area (Å²) in [6.45, 7) is 9.69. The van der Waals surface area contributed by atoms with Gasteiger partial charge < -0.3 is 14.2 Å². The fourth-order valence-electron chi connectivity index (χ4n) is 2.43. The first kappa shape index (κ1) is 15.1. The molecule has 0 radical (unpaired) electrons. The third-order valence-electron chi connectivity index (χ3n) is 3.51. The maximum atomic E-state index is 5.96. The van der Waals surface area contributed by atoms with Gasteiger partial charge in [0.2, 0.25) is 0 Å². The van der Waals surface area contributed by atoms with E-state index in [4.69, 9.17) is 14.2 Å². The Morgan fingerprint density at radius 3 is 2.85 bits per heavy atom. The van der Waals surface area contributed by atoms with Gasteiger partial charge in [-0.2, -0.15) is 0 Å². The highest BCUT2D eigenvalue weighted by molar-refractivity contribution is 5.46. The van der Waals surface area contributed by atoms with Crippen LogP contribution in [0.5, 0.6) is 11.5 Å². The van der Waals surface area contributed by atoms with Crippen molar-refractivity contribution in [1.82, 2.24) is 4.90 Å². The summed E-state index contributed by atoms with van der Waals surface area (Å²) in [5.41, 5.74) is 1.17. The maximum Gasteiger partial charge on any atom is 0.166 e. The SMILES string of the molecule is COc1cccc(CN2CCOC[C@@H]2C)c1OC(C)C. The lowest BCUT2D eigenvalue weighted by Crippen LogP contribution is -2.43. The Morgan fingerprint density at radius 2 is 2.20 bits per heavy atom. The van der Waals surface area contributed by atoms with Crippen molar-refractivity contribution in [3.8, 4) is 11.5 Å². The molecule has 1 aromatic rings. The predicted octanol–water partition coefficient (Wildman–Crippen LogP) is 2.70. The predicted molar refractivity (Wildman–Crippen MR) is 79.4 cm³/mol. The van der Waals surface area contributed by atoms with Gasteiger partial charge in [0.25, 0.3) is 0 Å². The highest BCUT2D eigenvalue weighted by Crippen LogP contribution is 2.33. The fourth-order valence-corrected chi connectivity index (χ4v) is 2.43. The van der Waals surface area contributed by atoms with Crippen molar-refractivity contribution < 1.29 is 14.2 Å². The number of hydrogen-bond acceptors (Lipinski definition) is 4. The zero-order valence-electron chi connectivity index (χ0n) is 12.9. The zero-order valence-corrected chi connectivity index (χ0v) is 12.9. The van der Waals surface area contributed by atoms with Crippen molar-refractivity contribution in [2.45, 2.75) is 39.5 Å². The summed E-state index contributed by atoms with van der Waals surface area (Å²) in [6, 6.07) is 6.51. The Balaban J connectivity index is 2.21. The average molecular weight is 279 g/mol. The number of ether oxygens (including phenoxy) is 3. The molecule has 1 aliphatic rings. The normalized spacial score (nSPS) is 20.1. The van der Waals surface area contributed by atoms with Gasteiger partial charge in [-0.1, -0.05) is 12.1 Å². The molecule has 0 unspecified atom stereocenters. The molecule has 0 bridgehead atoms. The van der Waals surface area contributed by atoms with E-state index in [-0.39, 0.29) is 6.10 Å². The molecule has 0 amide bonds. The molecule has 1 saturated heterocycles. The number of methoxy groups -OCH3 is 1. The van der Waals surface area contributed by atoms with Gasteiger partial charge >= 0.3 is 0 Å². The van der Waals surface area contributed by atoms with E-state index in [0.29, 0.717) is 6.04 Å². The van der Waals surface area contributed by atoms with Crippen molar-refractivity contribution in [1.29, 1.82) is 0 Å². The van der Waals surface area contributed by atoms with Crippen LogP contribution in [0.1, 0.15) is 26.3 Å². The van der Waals surface area contributed by atoms with Crippen LogP contribution in [0.2, 0.25) is 0 Å². The van der Waals surface area contributed by atoms with Gasteiger partial charge in [-0.25, -0.2) is 0 Å². The van der Waals surface area contributed by atoms with Gasteiger partial charge in [0, 0.05) is 24.7 Å². The standard InChI is InChI=1S/C16H25NO3/c1-12(2)20-16-14(6-5-7-15(16)18-4)10-17-8-9-19-11-13(17)3/h5-7,12-13H,8-11H2,1-4H3/t13-/m0/s1. The van der Waals surface area contributed by atoms with Gasteiger partial charge in [0.1, 0.15) is 0 Å². The summed E-state index contributed by atoms with van der Waals surface area (Å²) in [5.74, 6) is 1.67. The zero-order chi connectivity index (χ0) is 14.5. The van der Waals surface area contributed by atoms with Crippen LogP contribution in [0.15, 0.2) is 18.2 Å². The molecular formula is C16H25NO3. The van der Waals surface area contributed by atoms with Crippen LogP contribution in [0.4, 0.5) is 0 Å². The minimum absolute atomic E-state index is 0.132. The summed E-state index contributed by atoms with van der Waals surface area (Å²) in [7, 11) is 1.68. The number of rotatable bonds is 5. The largest absolute Gasteiger partial charge is 0.493 e. The molecule has 4 nitrogen and oxygen atoms in total. The summed E-state index contributed by atoms with van der Waals surface area (Å²) in [4.78, 5) is 2.42. The van der Waals surface area contributed by atoms with Crippen LogP contribution in [0.25, 0.3) is 0 Å². The van der Waals surface area contributed by atoms with Gasteiger partial charge in [0.05, 0.1) is 26.4 Å². The van der Waals surface area contributed by atoms with E-state index in [2.05, 4.69) is 17.9 Å². The van der Waals surface area contributed by atoms with E-state index in [0.717, 1.165) is 37.8 Å². The molecule has 1 aromatic carbocycles. The molecule has 20 heavy (non-hydrogen) atoms. The molecule has 2 rings (SSSR count).